The molecule has 2 aromatic heterocycles. The summed E-state index contributed by atoms with van der Waals surface area (Å²) < 4.78 is 11.8. The number of methoxy groups -OCH3 is 1. The van der Waals surface area contributed by atoms with Crippen molar-refractivity contribution in [1.29, 1.82) is 0 Å². The number of anilines is 1. The van der Waals surface area contributed by atoms with E-state index in [1.54, 1.807) is 31.9 Å². The van der Waals surface area contributed by atoms with Crippen LogP contribution in [0.1, 0.15) is 6.42 Å². The minimum atomic E-state index is 0.0819. The zero-order valence-corrected chi connectivity index (χ0v) is 13.2. The van der Waals surface area contributed by atoms with E-state index >= 15 is 0 Å². The lowest BCUT2D eigenvalue weighted by molar-refractivity contribution is 0.205. The van der Waals surface area contributed by atoms with Crippen LogP contribution in [0, 0.1) is 0 Å². The Morgan fingerprint density at radius 1 is 1.29 bits per heavy atom. The maximum atomic E-state index is 5.82. The van der Waals surface area contributed by atoms with E-state index in [-0.39, 0.29) is 6.10 Å². The Morgan fingerprint density at radius 3 is 2.81 bits per heavy atom. The molecule has 7 heteroatoms. The summed E-state index contributed by atoms with van der Waals surface area (Å²) in [6.45, 7) is 1.74. The van der Waals surface area contributed by atoms with Crippen molar-refractivity contribution in [3.63, 3.8) is 0 Å². The van der Waals surface area contributed by atoms with Gasteiger partial charge in [-0.1, -0.05) is 0 Å². The summed E-state index contributed by atoms with van der Waals surface area (Å²) in [7, 11) is 1.58. The molecule has 0 saturated carbocycles. The molecule has 21 heavy (non-hydrogen) atoms. The van der Waals surface area contributed by atoms with E-state index < -0.39 is 0 Å². The average Bonchev–Trinajstić information content (AvgIpc) is 2.97. The summed E-state index contributed by atoms with van der Waals surface area (Å²) >= 11 is 3.53. The zero-order chi connectivity index (χ0) is 14.7. The standard InChI is InChI=1S/C14H15BrN4O2/c1-20-11-6-17-14(18-7-11)21-10-3-5-19(9-10)13-2-4-16-8-12(13)15/h2,4,6-8,10H,3,5,9H2,1H3. The molecule has 0 aromatic carbocycles. The van der Waals surface area contributed by atoms with Crippen LogP contribution < -0.4 is 14.4 Å². The Labute approximate surface area is 131 Å². The van der Waals surface area contributed by atoms with Crippen molar-refractivity contribution in [2.24, 2.45) is 0 Å². The molecule has 0 bridgehead atoms. The summed E-state index contributed by atoms with van der Waals surface area (Å²) in [4.78, 5) is 14.6. The molecular formula is C14H15BrN4O2. The van der Waals surface area contributed by atoms with Crippen LogP contribution in [0.4, 0.5) is 5.69 Å². The van der Waals surface area contributed by atoms with Gasteiger partial charge in [0.25, 0.3) is 0 Å². The highest BCUT2D eigenvalue weighted by molar-refractivity contribution is 9.10. The van der Waals surface area contributed by atoms with Gasteiger partial charge in [-0.2, -0.15) is 9.97 Å². The van der Waals surface area contributed by atoms with Gasteiger partial charge < -0.3 is 14.4 Å². The van der Waals surface area contributed by atoms with Crippen molar-refractivity contribution in [3.8, 4) is 11.8 Å². The highest BCUT2D eigenvalue weighted by Crippen LogP contribution is 2.28. The number of rotatable bonds is 4. The molecule has 0 aliphatic carbocycles. The summed E-state index contributed by atoms with van der Waals surface area (Å²) in [5.41, 5.74) is 1.13. The predicted octanol–water partition coefficient (Wildman–Crippen LogP) is 2.30. The molecule has 1 fully saturated rings. The molecule has 110 valence electrons. The quantitative estimate of drug-likeness (QED) is 0.843. The van der Waals surface area contributed by atoms with Crippen molar-refractivity contribution in [2.45, 2.75) is 12.5 Å². The molecule has 1 aliphatic rings. The van der Waals surface area contributed by atoms with E-state index in [1.165, 1.54) is 0 Å². The van der Waals surface area contributed by atoms with E-state index in [4.69, 9.17) is 9.47 Å². The minimum absolute atomic E-state index is 0.0819. The average molecular weight is 351 g/mol. The lowest BCUT2D eigenvalue weighted by atomic mass is 10.3. The van der Waals surface area contributed by atoms with Gasteiger partial charge in [0.2, 0.25) is 0 Å². The summed E-state index contributed by atoms with van der Waals surface area (Å²) in [6, 6.07) is 2.38. The third kappa shape index (κ3) is 3.24. The SMILES string of the molecule is COc1cnc(OC2CCN(c3ccncc3Br)C2)nc1. The van der Waals surface area contributed by atoms with Crippen LogP contribution >= 0.6 is 15.9 Å². The van der Waals surface area contributed by atoms with Crippen LogP contribution in [0.15, 0.2) is 35.3 Å². The third-order valence-electron chi connectivity index (χ3n) is 3.35. The van der Waals surface area contributed by atoms with Gasteiger partial charge in [-0.05, 0) is 22.0 Å². The first-order valence-electron chi connectivity index (χ1n) is 6.63. The van der Waals surface area contributed by atoms with Crippen LogP contribution in [-0.2, 0) is 0 Å². The number of aromatic nitrogens is 3. The zero-order valence-electron chi connectivity index (χ0n) is 11.6. The monoisotopic (exact) mass is 350 g/mol. The molecular weight excluding hydrogens is 336 g/mol. The van der Waals surface area contributed by atoms with E-state index in [0.717, 1.165) is 29.7 Å². The maximum absolute atomic E-state index is 5.82. The molecule has 1 atom stereocenters. The summed E-state index contributed by atoms with van der Waals surface area (Å²) in [5.74, 6) is 0.621. The smallest absolute Gasteiger partial charge is 0.316 e. The van der Waals surface area contributed by atoms with Crippen LogP contribution in [0.25, 0.3) is 0 Å². The maximum Gasteiger partial charge on any atom is 0.316 e. The molecule has 1 aliphatic heterocycles. The fourth-order valence-corrected chi connectivity index (χ4v) is 2.79. The van der Waals surface area contributed by atoms with E-state index in [0.29, 0.717) is 11.8 Å². The van der Waals surface area contributed by atoms with Crippen LogP contribution in [0.5, 0.6) is 11.8 Å². The van der Waals surface area contributed by atoms with Gasteiger partial charge in [0.1, 0.15) is 6.10 Å². The van der Waals surface area contributed by atoms with Crippen LogP contribution in [0.3, 0.4) is 0 Å². The lowest BCUT2D eigenvalue weighted by Crippen LogP contribution is -2.25. The topological polar surface area (TPSA) is 60.4 Å². The highest BCUT2D eigenvalue weighted by atomic mass is 79.9. The molecule has 0 radical (unpaired) electrons. The number of nitrogens with zero attached hydrogens (tertiary/aromatic N) is 4. The number of pyridine rings is 1. The largest absolute Gasteiger partial charge is 0.494 e. The van der Waals surface area contributed by atoms with Crippen molar-refractivity contribution in [3.05, 3.63) is 35.3 Å². The van der Waals surface area contributed by atoms with Crippen LogP contribution in [-0.4, -0.2) is 41.3 Å². The van der Waals surface area contributed by atoms with Gasteiger partial charge >= 0.3 is 6.01 Å². The Hall–Kier alpha value is -1.89. The fourth-order valence-electron chi connectivity index (χ4n) is 2.29. The third-order valence-corrected chi connectivity index (χ3v) is 3.96. The molecule has 0 amide bonds. The number of hydrogen-bond acceptors (Lipinski definition) is 6. The predicted molar refractivity (Wildman–Crippen MR) is 81.8 cm³/mol. The normalized spacial score (nSPS) is 17.8. The van der Waals surface area contributed by atoms with Gasteiger partial charge in [0.15, 0.2) is 5.75 Å². The lowest BCUT2D eigenvalue weighted by Gasteiger charge is -2.19. The van der Waals surface area contributed by atoms with E-state index in [1.807, 2.05) is 6.07 Å². The number of hydrogen-bond donors (Lipinski definition) is 0. The Bertz CT molecular complexity index is 608. The van der Waals surface area contributed by atoms with Crippen LogP contribution in [0.2, 0.25) is 0 Å². The van der Waals surface area contributed by atoms with Crippen molar-refractivity contribution < 1.29 is 9.47 Å². The first-order valence-corrected chi connectivity index (χ1v) is 7.42. The van der Waals surface area contributed by atoms with Crippen molar-refractivity contribution in [1.82, 2.24) is 15.0 Å². The molecule has 1 saturated heterocycles. The van der Waals surface area contributed by atoms with Gasteiger partial charge in [0, 0.05) is 25.4 Å². The molecule has 1 unspecified atom stereocenters. The second-order valence-electron chi connectivity index (χ2n) is 4.71. The number of halogens is 1. The molecule has 0 N–H and O–H groups in total. The Kier molecular flexibility index (Phi) is 4.19. The number of ether oxygens (including phenoxy) is 2. The van der Waals surface area contributed by atoms with Crippen molar-refractivity contribution >= 4 is 21.6 Å². The molecule has 6 nitrogen and oxygen atoms in total. The van der Waals surface area contributed by atoms with Gasteiger partial charge in [0.05, 0.1) is 36.2 Å². The minimum Gasteiger partial charge on any atom is -0.494 e. The second kappa shape index (κ2) is 6.26. The Balaban J connectivity index is 1.63. The second-order valence-corrected chi connectivity index (χ2v) is 5.56. The molecule has 0 spiro atoms. The summed E-state index contributed by atoms with van der Waals surface area (Å²) in [5, 5.41) is 0. The molecule has 2 aromatic rings. The van der Waals surface area contributed by atoms with Gasteiger partial charge in [-0.25, -0.2) is 0 Å². The Morgan fingerprint density at radius 2 is 2.10 bits per heavy atom. The van der Waals surface area contributed by atoms with Crippen molar-refractivity contribution in [2.75, 3.05) is 25.1 Å². The highest BCUT2D eigenvalue weighted by Gasteiger charge is 2.26. The van der Waals surface area contributed by atoms with E-state index in [9.17, 15) is 0 Å². The fraction of sp³-hybridized carbons (Fsp3) is 0.357. The van der Waals surface area contributed by atoms with Gasteiger partial charge in [-0.15, -0.1) is 0 Å². The van der Waals surface area contributed by atoms with Gasteiger partial charge in [-0.3, -0.25) is 4.98 Å². The van der Waals surface area contributed by atoms with E-state index in [2.05, 4.69) is 35.8 Å². The first kappa shape index (κ1) is 14.1. The molecule has 3 rings (SSSR count). The summed E-state index contributed by atoms with van der Waals surface area (Å²) in [6.07, 6.45) is 7.82. The molecule has 3 heterocycles. The first-order chi connectivity index (χ1) is 10.3.